The van der Waals surface area contributed by atoms with Gasteiger partial charge in [-0.15, -0.1) is 0 Å². The van der Waals surface area contributed by atoms with Crippen molar-refractivity contribution in [1.29, 1.82) is 0 Å². The van der Waals surface area contributed by atoms with E-state index >= 15 is 0 Å². The van der Waals surface area contributed by atoms with E-state index in [2.05, 4.69) is 46.3 Å². The zero-order valence-electron chi connectivity index (χ0n) is 24.3. The van der Waals surface area contributed by atoms with E-state index < -0.39 is 0 Å². The van der Waals surface area contributed by atoms with Crippen LogP contribution >= 0.6 is 0 Å². The van der Waals surface area contributed by atoms with Crippen LogP contribution in [-0.4, -0.2) is 45.2 Å². The third-order valence-electron chi connectivity index (χ3n) is 7.50. The van der Waals surface area contributed by atoms with Crippen molar-refractivity contribution in [3.8, 4) is 17.1 Å². The Bertz CT molecular complexity index is 1700. The number of aromatic nitrogens is 4. The summed E-state index contributed by atoms with van der Waals surface area (Å²) in [6, 6.07) is 16.3. The molecule has 1 atom stereocenters. The van der Waals surface area contributed by atoms with Gasteiger partial charge in [-0.1, -0.05) is 18.1 Å². The summed E-state index contributed by atoms with van der Waals surface area (Å²) in [5.74, 6) is 2.12. The van der Waals surface area contributed by atoms with Crippen molar-refractivity contribution in [1.82, 2.24) is 19.9 Å². The molecule has 10 nitrogen and oxygen atoms in total. The fraction of sp³-hybridized carbons (Fsp3) is 0.312. The number of hydrogen-bond acceptors (Lipinski definition) is 8. The van der Waals surface area contributed by atoms with Crippen LogP contribution in [0.1, 0.15) is 43.2 Å². The molecule has 1 aliphatic carbocycles. The number of nitrogens with one attached hydrogen (secondary N) is 1. The number of anilines is 1. The number of carbonyl (C=O) groups excluding carboxylic acids is 1. The standard InChI is InChI=1S/C18H22N2O.C14H12N4O3/c1-11-4-6-14-10-19-17(16(14)8-11)18(21)20-15-7-5-12(2)13(3)9-15;1-20-11-6-4-10(5-7-11)14-16-12(21-17-14)9-18-13(19)3-2-8-15-18/h5,7,9,11H,4,6,8,10H2,1-3H3,(H,20,21);2-8H,9H2,1H3. The predicted molar refractivity (Wildman–Crippen MR) is 161 cm³/mol. The molecule has 0 saturated carbocycles. The van der Waals surface area contributed by atoms with Crippen molar-refractivity contribution in [2.45, 2.75) is 46.6 Å². The van der Waals surface area contributed by atoms with Gasteiger partial charge < -0.3 is 14.6 Å². The van der Waals surface area contributed by atoms with E-state index in [1.54, 1.807) is 13.2 Å². The Labute approximate surface area is 244 Å². The summed E-state index contributed by atoms with van der Waals surface area (Å²) < 4.78 is 11.5. The molecule has 216 valence electrons. The molecule has 0 spiro atoms. The molecule has 3 heterocycles. The van der Waals surface area contributed by atoms with Gasteiger partial charge in [0.25, 0.3) is 11.5 Å². The fourth-order valence-electron chi connectivity index (χ4n) is 4.90. The molecule has 1 aliphatic heterocycles. The van der Waals surface area contributed by atoms with Gasteiger partial charge in [-0.25, -0.2) is 4.68 Å². The molecular formula is C32H34N6O4. The Morgan fingerprint density at radius 1 is 1.12 bits per heavy atom. The number of rotatable bonds is 6. The fourth-order valence-corrected chi connectivity index (χ4v) is 4.90. The molecule has 0 saturated heterocycles. The Morgan fingerprint density at radius 3 is 2.67 bits per heavy atom. The van der Waals surface area contributed by atoms with Crippen LogP contribution in [0.2, 0.25) is 0 Å². The van der Waals surface area contributed by atoms with Gasteiger partial charge in [0.2, 0.25) is 11.7 Å². The van der Waals surface area contributed by atoms with Crippen LogP contribution in [0.3, 0.4) is 0 Å². The van der Waals surface area contributed by atoms with Crippen molar-refractivity contribution in [2.24, 2.45) is 10.9 Å². The van der Waals surface area contributed by atoms with E-state index in [-0.39, 0.29) is 18.0 Å². The molecule has 4 aromatic rings. The highest BCUT2D eigenvalue weighted by Crippen LogP contribution is 2.33. The second kappa shape index (κ2) is 12.8. The van der Waals surface area contributed by atoms with Crippen LogP contribution < -0.4 is 15.6 Å². The monoisotopic (exact) mass is 566 g/mol. The maximum atomic E-state index is 12.5. The zero-order valence-corrected chi connectivity index (χ0v) is 24.3. The van der Waals surface area contributed by atoms with Gasteiger partial charge in [-0.2, -0.15) is 10.1 Å². The summed E-state index contributed by atoms with van der Waals surface area (Å²) in [5.41, 5.74) is 7.09. The number of nitrogens with zero attached hydrogens (tertiary/aromatic N) is 5. The predicted octanol–water partition coefficient (Wildman–Crippen LogP) is 5.16. The number of carbonyl (C=O) groups is 1. The SMILES string of the molecule is COc1ccc(-c2noc(Cn3ncccc3=O)n2)cc1.Cc1ccc(NC(=O)C2=NCC3=C2CC(C)CC3)cc1C. The molecule has 42 heavy (non-hydrogen) atoms. The molecule has 2 aromatic heterocycles. The number of aryl methyl sites for hydroxylation is 2. The first kappa shape index (κ1) is 28.7. The van der Waals surface area contributed by atoms with Crippen molar-refractivity contribution < 1.29 is 14.1 Å². The first-order valence-corrected chi connectivity index (χ1v) is 13.9. The van der Waals surface area contributed by atoms with Crippen LogP contribution in [0, 0.1) is 19.8 Å². The quantitative estimate of drug-likeness (QED) is 0.342. The highest BCUT2D eigenvalue weighted by Gasteiger charge is 2.29. The molecule has 0 fully saturated rings. The minimum absolute atomic E-state index is 0.0580. The van der Waals surface area contributed by atoms with Gasteiger partial charge in [0.05, 0.1) is 13.7 Å². The lowest BCUT2D eigenvalue weighted by atomic mass is 9.84. The summed E-state index contributed by atoms with van der Waals surface area (Å²) in [6.45, 7) is 7.24. The second-order valence-corrected chi connectivity index (χ2v) is 10.6. The Kier molecular flexibility index (Phi) is 8.71. The maximum Gasteiger partial charge on any atom is 0.274 e. The highest BCUT2D eigenvalue weighted by atomic mass is 16.5. The van der Waals surface area contributed by atoms with Crippen LogP contribution in [0.4, 0.5) is 5.69 Å². The summed E-state index contributed by atoms with van der Waals surface area (Å²) >= 11 is 0. The van der Waals surface area contributed by atoms with Crippen LogP contribution in [0.25, 0.3) is 11.4 Å². The molecule has 0 radical (unpaired) electrons. The van der Waals surface area contributed by atoms with Gasteiger partial charge in [-0.3, -0.25) is 14.6 Å². The van der Waals surface area contributed by atoms with E-state index in [1.807, 2.05) is 42.5 Å². The highest BCUT2D eigenvalue weighted by molar-refractivity contribution is 6.49. The number of amides is 1. The lowest BCUT2D eigenvalue weighted by Gasteiger charge is -2.20. The Balaban J connectivity index is 0.000000168. The lowest BCUT2D eigenvalue weighted by Crippen LogP contribution is -2.25. The topological polar surface area (TPSA) is 125 Å². The first-order valence-electron chi connectivity index (χ1n) is 13.9. The molecule has 0 bridgehead atoms. The van der Waals surface area contributed by atoms with Gasteiger partial charge >= 0.3 is 0 Å². The van der Waals surface area contributed by atoms with Crippen LogP contribution in [-0.2, 0) is 11.3 Å². The molecule has 2 aliphatic rings. The van der Waals surface area contributed by atoms with Gasteiger partial charge in [0, 0.05) is 23.5 Å². The number of aliphatic imine (C=N–C) groups is 1. The number of ether oxygens (including phenoxy) is 1. The Hall–Kier alpha value is -4.86. The second-order valence-electron chi connectivity index (χ2n) is 10.6. The summed E-state index contributed by atoms with van der Waals surface area (Å²) in [4.78, 5) is 32.8. The molecule has 1 amide bonds. The van der Waals surface area contributed by atoms with Gasteiger partial charge in [0.15, 0.2) is 0 Å². The third kappa shape index (κ3) is 6.71. The summed E-state index contributed by atoms with van der Waals surface area (Å²) in [7, 11) is 1.60. The summed E-state index contributed by atoms with van der Waals surface area (Å²) in [6.07, 6.45) is 4.84. The smallest absolute Gasteiger partial charge is 0.274 e. The molecular weight excluding hydrogens is 532 g/mol. The van der Waals surface area contributed by atoms with E-state index in [1.165, 1.54) is 45.6 Å². The van der Waals surface area contributed by atoms with Crippen molar-refractivity contribution >= 4 is 17.3 Å². The molecule has 2 aromatic carbocycles. The molecule has 1 N–H and O–H groups in total. The van der Waals surface area contributed by atoms with E-state index in [0.717, 1.165) is 36.4 Å². The molecule has 6 rings (SSSR count). The molecule has 10 heteroatoms. The summed E-state index contributed by atoms with van der Waals surface area (Å²) in [5, 5.41) is 10.8. The number of benzene rings is 2. The van der Waals surface area contributed by atoms with E-state index in [9.17, 15) is 9.59 Å². The largest absolute Gasteiger partial charge is 0.497 e. The first-order chi connectivity index (χ1) is 20.3. The number of methoxy groups -OCH3 is 1. The average molecular weight is 567 g/mol. The van der Waals surface area contributed by atoms with Crippen LogP contribution in [0.5, 0.6) is 5.75 Å². The third-order valence-corrected chi connectivity index (χ3v) is 7.50. The normalized spacial score (nSPS) is 15.8. The van der Waals surface area contributed by atoms with E-state index in [4.69, 9.17) is 9.26 Å². The maximum absolute atomic E-state index is 12.5. The number of hydrogen-bond donors (Lipinski definition) is 1. The van der Waals surface area contributed by atoms with Crippen LogP contribution in [0.15, 0.2) is 86.3 Å². The van der Waals surface area contributed by atoms with Crippen molar-refractivity contribution in [2.75, 3.05) is 19.0 Å². The zero-order chi connectivity index (χ0) is 29.6. The molecule has 1 unspecified atom stereocenters. The Morgan fingerprint density at radius 2 is 1.93 bits per heavy atom. The average Bonchev–Trinajstić information content (AvgIpc) is 3.64. The van der Waals surface area contributed by atoms with Crippen molar-refractivity contribution in [3.63, 3.8) is 0 Å². The minimum atomic E-state index is -0.221. The van der Waals surface area contributed by atoms with E-state index in [0.29, 0.717) is 23.3 Å². The lowest BCUT2D eigenvalue weighted by molar-refractivity contribution is -0.110. The minimum Gasteiger partial charge on any atom is -0.497 e. The van der Waals surface area contributed by atoms with Gasteiger partial charge in [-0.05, 0) is 104 Å². The van der Waals surface area contributed by atoms with Crippen molar-refractivity contribution in [3.05, 3.63) is 99.3 Å². The van der Waals surface area contributed by atoms with Gasteiger partial charge in [0.1, 0.15) is 18.0 Å².